The monoisotopic (exact) mass is 1780 g/mol. The SMILES string of the molecule is CCCCCCC[C@H]1CC[C@H](c2cnc(-c3ccc(OCCC)cc3)nc2)CC1.CCCCC[C@H]1CC[C@H](c2cnc(-c3ccc(OCCC)cc3)nc2)CC1.CCCC[C@H]1CC[C@H](c2cnc(-c3ccc(OCCC)cc3)nc2)CC1.CCCOc1ccc(-c2ncc([C@H]3CC[C@H](CC)CC3)cn2)cc1.CCCOc1ccc(-c2ncc([C@H]3CC[C@H](CCC)CC3)cn2)cc1. The molecule has 5 aromatic carbocycles. The quantitative estimate of drug-likeness (QED) is 0.0331. The number of hydrogen-bond acceptors (Lipinski definition) is 15. The van der Waals surface area contributed by atoms with Crippen LogP contribution in [0.4, 0.5) is 0 Å². The summed E-state index contributed by atoms with van der Waals surface area (Å²) in [6.07, 6.45) is 74.2. The summed E-state index contributed by atoms with van der Waals surface area (Å²) < 4.78 is 28.2. The van der Waals surface area contributed by atoms with Crippen molar-refractivity contribution in [2.45, 2.75) is 362 Å². The van der Waals surface area contributed by atoms with E-state index in [4.69, 9.17) is 23.7 Å². The molecule has 5 fully saturated rings. The number of benzene rings is 5. The first kappa shape index (κ1) is 102. The molecule has 0 saturated heterocycles. The van der Waals surface area contributed by atoms with Gasteiger partial charge in [-0.2, -0.15) is 0 Å². The zero-order chi connectivity index (χ0) is 91.7. The molecule has 10 aromatic rings. The summed E-state index contributed by atoms with van der Waals surface area (Å²) in [5, 5.41) is 0. The van der Waals surface area contributed by atoms with Gasteiger partial charge in [-0.3, -0.25) is 0 Å². The molecule has 5 aliphatic rings. The first-order chi connectivity index (χ1) is 64.5. The molecule has 0 spiro atoms. The van der Waals surface area contributed by atoms with Gasteiger partial charge < -0.3 is 23.7 Å². The number of aromatic nitrogens is 10. The molecule has 15 nitrogen and oxygen atoms in total. The van der Waals surface area contributed by atoms with Gasteiger partial charge >= 0.3 is 0 Å². The van der Waals surface area contributed by atoms with E-state index in [-0.39, 0.29) is 0 Å². The third kappa shape index (κ3) is 34.5. The molecule has 0 amide bonds. The zero-order valence-corrected chi connectivity index (χ0v) is 82.1. The second-order valence-electron chi connectivity index (χ2n) is 38.2. The second-order valence-corrected chi connectivity index (χ2v) is 38.2. The van der Waals surface area contributed by atoms with Crippen LogP contribution < -0.4 is 23.7 Å². The van der Waals surface area contributed by atoms with Crippen LogP contribution in [0.25, 0.3) is 56.9 Å². The fraction of sp³-hybridized carbons (Fsp3) is 0.569. The average molecular weight is 1780 g/mol. The van der Waals surface area contributed by atoms with Gasteiger partial charge in [0.05, 0.1) is 33.0 Å². The van der Waals surface area contributed by atoms with E-state index >= 15 is 0 Å². The van der Waals surface area contributed by atoms with Crippen LogP contribution in [-0.4, -0.2) is 82.9 Å². The molecule has 0 N–H and O–H groups in total. The van der Waals surface area contributed by atoms with Crippen LogP contribution in [0.1, 0.15) is 390 Å². The van der Waals surface area contributed by atoms with Crippen molar-refractivity contribution >= 4 is 0 Å². The molecule has 0 aliphatic heterocycles. The summed E-state index contributed by atoms with van der Waals surface area (Å²) in [6, 6.07) is 40.4. The van der Waals surface area contributed by atoms with Crippen molar-refractivity contribution in [3.05, 3.63) is 211 Å². The second kappa shape index (κ2) is 58.5. The van der Waals surface area contributed by atoms with E-state index in [1.807, 2.05) is 171 Å². The van der Waals surface area contributed by atoms with Crippen molar-refractivity contribution in [1.82, 2.24) is 49.8 Å². The highest BCUT2D eigenvalue weighted by Gasteiger charge is 2.28. The Hall–Kier alpha value is -9.50. The van der Waals surface area contributed by atoms with Crippen molar-refractivity contribution in [3.8, 4) is 85.7 Å². The Balaban J connectivity index is 0.000000158. The molecule has 5 aromatic heterocycles. The predicted octanol–water partition coefficient (Wildman–Crippen LogP) is 32.4. The molecular weight excluding hydrogens is 1610 g/mol. The Bertz CT molecular complexity index is 4620. The molecule has 15 heteroatoms. The van der Waals surface area contributed by atoms with Crippen LogP contribution in [0.2, 0.25) is 0 Å². The van der Waals surface area contributed by atoms with Gasteiger partial charge in [0, 0.05) is 89.8 Å². The van der Waals surface area contributed by atoms with Gasteiger partial charge in [-0.25, -0.2) is 49.8 Å². The van der Waals surface area contributed by atoms with Crippen LogP contribution in [0.3, 0.4) is 0 Å². The van der Waals surface area contributed by atoms with Gasteiger partial charge in [-0.1, -0.05) is 172 Å². The number of nitrogens with zero attached hydrogens (tertiary/aromatic N) is 10. The minimum Gasteiger partial charge on any atom is -0.494 e. The minimum atomic E-state index is 0.644. The Morgan fingerprint density at radius 1 is 0.191 bits per heavy atom. The molecule has 0 radical (unpaired) electrons. The van der Waals surface area contributed by atoms with Gasteiger partial charge in [0.2, 0.25) is 0 Å². The normalized spacial score (nSPS) is 20.0. The third-order valence-corrected chi connectivity index (χ3v) is 28.0. The van der Waals surface area contributed by atoms with Gasteiger partial charge in [0.15, 0.2) is 29.1 Å². The highest BCUT2D eigenvalue weighted by Crippen LogP contribution is 2.43. The van der Waals surface area contributed by atoms with E-state index in [2.05, 4.69) is 131 Å². The summed E-state index contributed by atoms with van der Waals surface area (Å²) in [5.74, 6) is 16.5. The Morgan fingerprint density at radius 3 is 0.588 bits per heavy atom. The Labute approximate surface area is 790 Å². The largest absolute Gasteiger partial charge is 0.494 e. The van der Waals surface area contributed by atoms with E-state index in [0.717, 1.165) is 180 Å². The molecule has 5 saturated carbocycles. The maximum atomic E-state index is 5.65. The molecule has 15 rings (SSSR count). The topological polar surface area (TPSA) is 175 Å². The van der Waals surface area contributed by atoms with Crippen molar-refractivity contribution < 1.29 is 23.7 Å². The fourth-order valence-corrected chi connectivity index (χ4v) is 19.8. The summed E-state index contributed by atoms with van der Waals surface area (Å²) in [5.41, 5.74) is 11.8. The first-order valence-corrected chi connectivity index (χ1v) is 52.2. The smallest absolute Gasteiger partial charge is 0.159 e. The number of ether oxygens (including phenoxy) is 5. The number of rotatable bonds is 41. The molecule has 0 bridgehead atoms. The minimum absolute atomic E-state index is 0.644. The van der Waals surface area contributed by atoms with Crippen LogP contribution in [0, 0.1) is 29.6 Å². The maximum absolute atomic E-state index is 5.65. The van der Waals surface area contributed by atoms with Crippen LogP contribution in [-0.2, 0) is 0 Å². The molecule has 706 valence electrons. The van der Waals surface area contributed by atoms with Crippen molar-refractivity contribution in [3.63, 3.8) is 0 Å². The van der Waals surface area contributed by atoms with Crippen LogP contribution >= 0.6 is 0 Å². The lowest BCUT2D eigenvalue weighted by Gasteiger charge is -2.28. The van der Waals surface area contributed by atoms with Crippen LogP contribution in [0.15, 0.2) is 183 Å². The molecule has 131 heavy (non-hydrogen) atoms. The highest BCUT2D eigenvalue weighted by molar-refractivity contribution is 5.60. The summed E-state index contributed by atoms with van der Waals surface area (Å²) in [6.45, 7) is 25.8. The Kier molecular flexibility index (Phi) is 45.6. The van der Waals surface area contributed by atoms with E-state index < -0.39 is 0 Å². The standard InChI is InChI=1S/C26H38N2O.C24H34N2O.C23H32N2O.C22H30N2O.C21H28N2O/c1-3-5-6-7-8-9-21-10-12-22(13-11-21)24-19-27-26(28-20-24)23-14-16-25(17-15-23)29-18-4-2;1-3-5-6-7-19-8-10-20(11-9-19)22-17-25-24(26-18-22)21-12-14-23(15-13-21)27-16-4-2;1-3-5-6-18-7-9-19(10-8-18)21-16-24-23(25-17-21)20-11-13-22(14-12-20)26-15-4-2;1-3-5-17-6-8-18(9-7-17)20-15-23-22(24-16-20)19-10-12-21(13-11-19)25-14-4-2;1-3-13-24-20-11-9-18(10-12-20)21-22-14-19(15-23-21)17-7-5-16(4-2)6-8-17/h14-17,19-22H,3-13,18H2,1-2H3;12-15,17-20H,3-11,16H2,1-2H3;11-14,16-19H,3-10,15H2,1-2H3;10-13,15-18H,3-9,14H2,1-2H3;9-12,14-17H,3-8,13H2,1-2H3/t21-,22-;19-,20-;18-,19-;17-,18-;16-,17-. The molecule has 5 aliphatic carbocycles. The third-order valence-electron chi connectivity index (χ3n) is 28.0. The van der Waals surface area contributed by atoms with Gasteiger partial charge in [-0.05, 0) is 369 Å². The van der Waals surface area contributed by atoms with E-state index in [0.29, 0.717) is 29.6 Å². The van der Waals surface area contributed by atoms with E-state index in [1.54, 1.807) is 0 Å². The average Bonchev–Trinajstić information content (AvgIpc) is 0.849. The molecule has 0 unspecified atom stereocenters. The molecule has 0 atom stereocenters. The highest BCUT2D eigenvalue weighted by atomic mass is 16.5. The van der Waals surface area contributed by atoms with Crippen molar-refractivity contribution in [2.24, 2.45) is 29.6 Å². The van der Waals surface area contributed by atoms with Gasteiger partial charge in [0.1, 0.15) is 28.7 Å². The molecular formula is C116H162N10O5. The summed E-state index contributed by atoms with van der Waals surface area (Å²) in [7, 11) is 0. The fourth-order valence-electron chi connectivity index (χ4n) is 19.8. The van der Waals surface area contributed by atoms with E-state index in [1.165, 1.54) is 259 Å². The molecule has 5 heterocycles. The first-order valence-electron chi connectivity index (χ1n) is 52.2. The van der Waals surface area contributed by atoms with Crippen LogP contribution in [0.5, 0.6) is 28.7 Å². The lowest BCUT2D eigenvalue weighted by Crippen LogP contribution is -2.14. The van der Waals surface area contributed by atoms with Gasteiger partial charge in [0.25, 0.3) is 0 Å². The number of hydrogen-bond donors (Lipinski definition) is 0. The predicted molar refractivity (Wildman–Crippen MR) is 542 cm³/mol. The Morgan fingerprint density at radius 2 is 0.382 bits per heavy atom. The zero-order valence-electron chi connectivity index (χ0n) is 82.1. The van der Waals surface area contributed by atoms with Crippen molar-refractivity contribution in [1.29, 1.82) is 0 Å². The summed E-state index contributed by atoms with van der Waals surface area (Å²) >= 11 is 0. The number of unbranched alkanes of at least 4 members (excludes halogenated alkanes) is 7. The lowest BCUT2D eigenvalue weighted by atomic mass is 9.77. The summed E-state index contributed by atoms with van der Waals surface area (Å²) in [4.78, 5) is 46.3. The van der Waals surface area contributed by atoms with Crippen molar-refractivity contribution in [2.75, 3.05) is 33.0 Å². The van der Waals surface area contributed by atoms with E-state index in [9.17, 15) is 0 Å². The maximum Gasteiger partial charge on any atom is 0.159 e. The lowest BCUT2D eigenvalue weighted by molar-refractivity contribution is 0.301. The van der Waals surface area contributed by atoms with Gasteiger partial charge in [-0.15, -0.1) is 0 Å².